The summed E-state index contributed by atoms with van der Waals surface area (Å²) in [7, 11) is 0. The maximum Gasteiger partial charge on any atom is 0.337 e. The van der Waals surface area contributed by atoms with Crippen LogP contribution in [0, 0.1) is 24.0 Å². The zero-order chi connectivity index (χ0) is 29.1. The van der Waals surface area contributed by atoms with E-state index in [1.54, 1.807) is 25.1 Å². The van der Waals surface area contributed by atoms with Crippen LogP contribution in [0.3, 0.4) is 0 Å². The van der Waals surface area contributed by atoms with Gasteiger partial charge in [-0.15, -0.1) is 0 Å². The summed E-state index contributed by atoms with van der Waals surface area (Å²) in [5, 5.41) is 26.5. The van der Waals surface area contributed by atoms with Crippen molar-refractivity contribution in [3.05, 3.63) is 103 Å². The minimum Gasteiger partial charge on any atom is -0.478 e. The van der Waals surface area contributed by atoms with Gasteiger partial charge in [-0.3, -0.25) is 9.59 Å². The van der Waals surface area contributed by atoms with Crippen LogP contribution in [0.4, 0.5) is 31.5 Å². The van der Waals surface area contributed by atoms with Crippen LogP contribution >= 0.6 is 0 Å². The number of hydrogen-bond donors (Lipinski definition) is 4. The van der Waals surface area contributed by atoms with E-state index in [1.165, 1.54) is 23.1 Å². The number of benzene rings is 2. The predicted octanol–water partition coefficient (Wildman–Crippen LogP) is 5.11. The molecule has 2 atom stereocenters. The molecular formula is C29H27F2N3O6. The molecule has 5 rings (SSSR count). The number of nitrogens with one attached hydrogen (secondary N) is 2. The van der Waals surface area contributed by atoms with Crippen LogP contribution in [0.1, 0.15) is 66.0 Å². The van der Waals surface area contributed by atoms with E-state index < -0.39 is 51.8 Å². The number of anilines is 4. The number of rotatable bonds is 7. The van der Waals surface area contributed by atoms with Gasteiger partial charge in [0.15, 0.2) is 6.23 Å². The normalized spacial score (nSPS) is 15.8. The van der Waals surface area contributed by atoms with Gasteiger partial charge in [0.1, 0.15) is 34.5 Å². The van der Waals surface area contributed by atoms with Crippen LogP contribution in [-0.2, 0) is 6.54 Å². The van der Waals surface area contributed by atoms with E-state index in [4.69, 9.17) is 4.42 Å². The fraction of sp³-hybridized carbons (Fsp3) is 0.276. The van der Waals surface area contributed by atoms with Crippen molar-refractivity contribution < 1.29 is 28.2 Å². The molecule has 0 bridgehead atoms. The summed E-state index contributed by atoms with van der Waals surface area (Å²) in [5.74, 6) is -2.13. The number of furan rings is 1. The molecule has 40 heavy (non-hydrogen) atoms. The van der Waals surface area contributed by atoms with Gasteiger partial charge in [0.05, 0.1) is 23.0 Å². The molecule has 1 aliphatic rings. The Kier molecular flexibility index (Phi) is 6.49. The van der Waals surface area contributed by atoms with Crippen LogP contribution in [-0.4, -0.2) is 16.2 Å². The molecule has 1 unspecified atom stereocenters. The lowest BCUT2D eigenvalue weighted by atomic mass is 9.85. The Labute approximate surface area is 227 Å². The average Bonchev–Trinajstić information content (AvgIpc) is 3.47. The van der Waals surface area contributed by atoms with Crippen molar-refractivity contribution in [3.63, 3.8) is 0 Å². The maximum absolute atomic E-state index is 15.2. The molecule has 4 N–H and O–H groups in total. The third kappa shape index (κ3) is 4.41. The number of fused-ring (bicyclic) bond motifs is 1. The summed E-state index contributed by atoms with van der Waals surface area (Å²) in [5.41, 5.74) is -3.27. The molecule has 0 saturated heterocycles. The first-order chi connectivity index (χ1) is 18.8. The smallest absolute Gasteiger partial charge is 0.337 e. The first-order valence-electron chi connectivity index (χ1n) is 12.5. The minimum absolute atomic E-state index is 0.0802. The topological polar surface area (TPSA) is 132 Å². The van der Waals surface area contributed by atoms with Gasteiger partial charge in [0.2, 0.25) is 0 Å². The zero-order valence-corrected chi connectivity index (χ0v) is 22.1. The van der Waals surface area contributed by atoms with E-state index in [0.29, 0.717) is 17.6 Å². The van der Waals surface area contributed by atoms with Crippen LogP contribution in [0.15, 0.2) is 56.5 Å². The third-order valence-corrected chi connectivity index (χ3v) is 7.06. The van der Waals surface area contributed by atoms with Crippen molar-refractivity contribution in [2.75, 3.05) is 15.5 Å². The first-order valence-corrected chi connectivity index (χ1v) is 12.5. The average molecular weight is 552 g/mol. The molecule has 4 aromatic rings. The Morgan fingerprint density at radius 2 is 1.73 bits per heavy atom. The van der Waals surface area contributed by atoms with Gasteiger partial charge in [0, 0.05) is 23.7 Å². The monoisotopic (exact) mass is 551 g/mol. The predicted molar refractivity (Wildman–Crippen MR) is 145 cm³/mol. The van der Waals surface area contributed by atoms with Gasteiger partial charge < -0.3 is 30.2 Å². The highest BCUT2D eigenvalue weighted by atomic mass is 19.1. The number of halogens is 2. The SMILES string of the molecule is Cc1ccc([C@H](Nc2c(Nc3c(F)cc(F)c4c3C(O)N(c3ccccc3C(=O)O)C4)c(=O)c2=O)C(C)(C)C)o1. The second kappa shape index (κ2) is 9.60. The molecule has 0 spiro atoms. The van der Waals surface area contributed by atoms with Crippen molar-refractivity contribution in [1.29, 1.82) is 0 Å². The summed E-state index contributed by atoms with van der Waals surface area (Å²) in [4.78, 5) is 38.3. The largest absolute Gasteiger partial charge is 0.478 e. The lowest BCUT2D eigenvalue weighted by Gasteiger charge is -2.32. The highest BCUT2D eigenvalue weighted by Gasteiger charge is 2.38. The van der Waals surface area contributed by atoms with E-state index in [2.05, 4.69) is 10.6 Å². The number of carboxylic acid groups (broad SMARTS) is 1. The van der Waals surface area contributed by atoms with E-state index in [-0.39, 0.29) is 40.3 Å². The Morgan fingerprint density at radius 1 is 1.05 bits per heavy atom. The standard InChI is InChI=1S/C29H27F2N3O6/c1-13-9-10-19(40-13)26(29(2,3)4)33-23-22(24(35)25(23)36)32-21-17(31)11-16(30)15-12-34(27(37)20(15)21)18-8-6-5-7-14(18)28(38)39/h5-11,26-27,32-33,37H,12H2,1-4H3,(H,38,39)/t26-,27?/m0/s1. The maximum atomic E-state index is 15.2. The van der Waals surface area contributed by atoms with E-state index >= 15 is 4.39 Å². The highest BCUT2D eigenvalue weighted by Crippen LogP contribution is 2.45. The lowest BCUT2D eigenvalue weighted by molar-refractivity contribution is 0.0697. The summed E-state index contributed by atoms with van der Waals surface area (Å²) in [6.07, 6.45) is -1.65. The number of aromatic carboxylic acids is 1. The number of hydrogen-bond acceptors (Lipinski definition) is 8. The van der Waals surface area contributed by atoms with E-state index in [0.717, 1.165) is 0 Å². The number of carbonyl (C=O) groups is 1. The first kappa shape index (κ1) is 27.1. The van der Waals surface area contributed by atoms with Crippen molar-refractivity contribution in [3.8, 4) is 0 Å². The highest BCUT2D eigenvalue weighted by molar-refractivity contribution is 5.95. The summed E-state index contributed by atoms with van der Waals surface area (Å²) < 4.78 is 35.9. The molecule has 3 aromatic carbocycles. The molecule has 0 amide bonds. The zero-order valence-electron chi connectivity index (χ0n) is 22.1. The Balaban J connectivity index is 1.54. The van der Waals surface area contributed by atoms with E-state index in [1.807, 2.05) is 20.8 Å². The molecule has 11 heteroatoms. The number of nitrogens with zero attached hydrogens (tertiary/aromatic N) is 1. The number of aryl methyl sites for hydroxylation is 1. The van der Waals surface area contributed by atoms with Crippen LogP contribution in [0.2, 0.25) is 0 Å². The number of aliphatic hydroxyl groups is 1. The third-order valence-electron chi connectivity index (χ3n) is 7.06. The number of aliphatic hydroxyl groups excluding tert-OH is 1. The molecule has 1 aromatic heterocycles. The van der Waals surface area contributed by atoms with Gasteiger partial charge in [-0.25, -0.2) is 13.6 Å². The van der Waals surface area contributed by atoms with Gasteiger partial charge in [-0.05, 0) is 36.6 Å². The molecule has 1 aliphatic heterocycles. The van der Waals surface area contributed by atoms with Gasteiger partial charge in [-0.1, -0.05) is 32.9 Å². The Hall–Kier alpha value is -4.51. The lowest BCUT2D eigenvalue weighted by Crippen LogP contribution is -2.39. The van der Waals surface area contributed by atoms with Crippen molar-refractivity contribution >= 4 is 28.7 Å². The van der Waals surface area contributed by atoms with Crippen LogP contribution in [0.5, 0.6) is 0 Å². The summed E-state index contributed by atoms with van der Waals surface area (Å²) in [6.45, 7) is 7.24. The molecule has 0 saturated carbocycles. The van der Waals surface area contributed by atoms with Crippen LogP contribution in [0.25, 0.3) is 0 Å². The van der Waals surface area contributed by atoms with Crippen LogP contribution < -0.4 is 26.4 Å². The Bertz CT molecular complexity index is 1710. The summed E-state index contributed by atoms with van der Waals surface area (Å²) in [6, 6.07) is 9.43. The quantitative estimate of drug-likeness (QED) is 0.231. The fourth-order valence-electron chi connectivity index (χ4n) is 5.03. The second-order valence-corrected chi connectivity index (χ2v) is 10.9. The van der Waals surface area contributed by atoms with Crippen molar-refractivity contribution in [1.82, 2.24) is 0 Å². The molecule has 0 radical (unpaired) electrons. The summed E-state index contributed by atoms with van der Waals surface area (Å²) >= 11 is 0. The fourth-order valence-corrected chi connectivity index (χ4v) is 5.03. The molecular weight excluding hydrogens is 524 g/mol. The molecule has 2 heterocycles. The Morgan fingerprint density at radius 3 is 2.35 bits per heavy atom. The number of carboxylic acids is 1. The second-order valence-electron chi connectivity index (χ2n) is 10.9. The molecule has 9 nitrogen and oxygen atoms in total. The molecule has 208 valence electrons. The minimum atomic E-state index is -1.65. The number of para-hydroxylation sites is 1. The van der Waals surface area contributed by atoms with Gasteiger partial charge in [-0.2, -0.15) is 0 Å². The van der Waals surface area contributed by atoms with E-state index in [9.17, 15) is 29.0 Å². The van der Waals surface area contributed by atoms with Gasteiger partial charge in [0.25, 0.3) is 10.9 Å². The van der Waals surface area contributed by atoms with Crippen molar-refractivity contribution in [2.45, 2.75) is 46.5 Å². The van der Waals surface area contributed by atoms with Crippen molar-refractivity contribution in [2.24, 2.45) is 5.41 Å². The molecule has 0 aliphatic carbocycles. The van der Waals surface area contributed by atoms with Gasteiger partial charge >= 0.3 is 5.97 Å². The molecule has 0 fully saturated rings.